The van der Waals surface area contributed by atoms with Crippen LogP contribution < -0.4 is 15.7 Å². The highest BCUT2D eigenvalue weighted by atomic mass is 16.6. The normalized spacial score (nSPS) is 10.4. The predicted molar refractivity (Wildman–Crippen MR) is 90.1 cm³/mol. The van der Waals surface area contributed by atoms with Crippen LogP contribution in [0, 0.1) is 10.1 Å². The Hall–Kier alpha value is -3.68. The molecule has 25 heavy (non-hydrogen) atoms. The molecule has 126 valence electrons. The molecular weight excluding hydrogens is 328 g/mol. The molecule has 0 fully saturated rings. The number of hydrogen-bond donors (Lipinski definition) is 1. The van der Waals surface area contributed by atoms with Crippen molar-refractivity contribution in [2.75, 3.05) is 12.4 Å². The predicted octanol–water partition coefficient (Wildman–Crippen LogP) is 2.96. The summed E-state index contributed by atoms with van der Waals surface area (Å²) >= 11 is 0. The van der Waals surface area contributed by atoms with Gasteiger partial charge in [-0.05, 0) is 36.4 Å². The van der Waals surface area contributed by atoms with E-state index in [0.717, 1.165) is 0 Å². The molecule has 8 heteroatoms. The number of carbonyl (C=O) groups is 1. The van der Waals surface area contributed by atoms with Crippen molar-refractivity contribution in [1.29, 1.82) is 0 Å². The van der Waals surface area contributed by atoms with E-state index in [9.17, 15) is 19.7 Å². The number of fused-ring (bicyclic) bond motifs is 1. The molecule has 8 nitrogen and oxygen atoms in total. The van der Waals surface area contributed by atoms with Gasteiger partial charge >= 0.3 is 5.63 Å². The fourth-order valence-electron chi connectivity index (χ4n) is 2.25. The maximum absolute atomic E-state index is 12.2. The lowest BCUT2D eigenvalue weighted by atomic mass is 10.2. The van der Waals surface area contributed by atoms with E-state index in [1.165, 1.54) is 31.4 Å². The molecule has 0 saturated heterocycles. The minimum atomic E-state index is -0.747. The number of nitrogens with one attached hydrogen (secondary N) is 1. The van der Waals surface area contributed by atoms with Crippen molar-refractivity contribution < 1.29 is 18.9 Å². The van der Waals surface area contributed by atoms with Crippen molar-refractivity contribution in [1.82, 2.24) is 0 Å². The molecule has 0 radical (unpaired) electrons. The fourth-order valence-corrected chi connectivity index (χ4v) is 2.25. The van der Waals surface area contributed by atoms with E-state index in [-0.39, 0.29) is 17.0 Å². The van der Waals surface area contributed by atoms with Crippen molar-refractivity contribution in [3.05, 3.63) is 74.6 Å². The smallest absolute Gasteiger partial charge is 0.360 e. The van der Waals surface area contributed by atoms with Gasteiger partial charge in [-0.25, -0.2) is 4.79 Å². The van der Waals surface area contributed by atoms with Gasteiger partial charge in [0.1, 0.15) is 17.0 Å². The van der Waals surface area contributed by atoms with Crippen LogP contribution in [0.15, 0.2) is 57.7 Å². The Bertz CT molecular complexity index is 1020. The third-order valence-corrected chi connectivity index (χ3v) is 3.53. The molecule has 1 N–H and O–H groups in total. The minimum absolute atomic E-state index is 0.103. The quantitative estimate of drug-likeness (QED) is 0.444. The van der Waals surface area contributed by atoms with Crippen molar-refractivity contribution in [3.63, 3.8) is 0 Å². The van der Waals surface area contributed by atoms with Gasteiger partial charge in [0, 0.05) is 23.1 Å². The zero-order valence-electron chi connectivity index (χ0n) is 13.0. The van der Waals surface area contributed by atoms with Crippen LogP contribution in [0.3, 0.4) is 0 Å². The Morgan fingerprint density at radius 1 is 1.16 bits per heavy atom. The van der Waals surface area contributed by atoms with Gasteiger partial charge in [0.05, 0.1) is 12.0 Å². The Morgan fingerprint density at radius 3 is 2.52 bits per heavy atom. The van der Waals surface area contributed by atoms with Crippen LogP contribution in [-0.4, -0.2) is 17.9 Å². The van der Waals surface area contributed by atoms with Crippen LogP contribution in [0.4, 0.5) is 11.4 Å². The molecule has 0 spiro atoms. The summed E-state index contributed by atoms with van der Waals surface area (Å²) in [5, 5.41) is 13.6. The minimum Gasteiger partial charge on any atom is -0.497 e. The number of carbonyl (C=O) groups excluding carboxylic acids is 1. The maximum Gasteiger partial charge on any atom is 0.360 e. The Labute approximate surface area is 140 Å². The van der Waals surface area contributed by atoms with Crippen molar-refractivity contribution >= 4 is 28.3 Å². The largest absolute Gasteiger partial charge is 0.497 e. The highest BCUT2D eigenvalue weighted by molar-refractivity contribution is 6.04. The number of ether oxygens (including phenoxy) is 1. The summed E-state index contributed by atoms with van der Waals surface area (Å²) in [6.45, 7) is 0. The molecule has 3 aromatic rings. The van der Waals surface area contributed by atoms with Crippen molar-refractivity contribution in [2.45, 2.75) is 0 Å². The topological polar surface area (TPSA) is 112 Å². The number of nitrogens with zero attached hydrogens (tertiary/aromatic N) is 1. The number of nitro benzene ring substituents is 1. The molecule has 1 amide bonds. The molecule has 0 unspecified atom stereocenters. The number of benzene rings is 2. The molecule has 0 saturated carbocycles. The van der Waals surface area contributed by atoms with Gasteiger partial charge in [0.2, 0.25) is 0 Å². The van der Waals surface area contributed by atoms with Crippen LogP contribution in [0.25, 0.3) is 11.0 Å². The van der Waals surface area contributed by atoms with Gasteiger partial charge in [0.25, 0.3) is 11.6 Å². The molecule has 3 rings (SSSR count). The summed E-state index contributed by atoms with van der Waals surface area (Å²) in [4.78, 5) is 34.5. The zero-order valence-corrected chi connectivity index (χ0v) is 13.0. The zero-order chi connectivity index (χ0) is 18.0. The second-order valence-electron chi connectivity index (χ2n) is 5.11. The van der Waals surface area contributed by atoms with Crippen LogP contribution in [0.2, 0.25) is 0 Å². The number of anilines is 1. The van der Waals surface area contributed by atoms with Gasteiger partial charge in [-0.2, -0.15) is 0 Å². The number of non-ortho nitro benzene ring substituents is 1. The standard InChI is InChI=1S/C17H12N2O6/c1-24-13-5-2-10(3-6-13)16(20)18-14-9-11-8-12(19(22)23)4-7-15(11)25-17(14)21/h2-9H,1H3,(H,18,20). The number of hydrogen-bond acceptors (Lipinski definition) is 6. The van der Waals surface area contributed by atoms with E-state index in [4.69, 9.17) is 9.15 Å². The van der Waals surface area contributed by atoms with E-state index in [1.807, 2.05) is 0 Å². The molecular formula is C17H12N2O6. The Balaban J connectivity index is 1.94. The van der Waals surface area contributed by atoms with Gasteiger partial charge in [-0.15, -0.1) is 0 Å². The monoisotopic (exact) mass is 340 g/mol. The molecule has 0 bridgehead atoms. The SMILES string of the molecule is COc1ccc(C(=O)Nc2cc3cc([N+](=O)[O-])ccc3oc2=O)cc1. The molecule has 0 aliphatic carbocycles. The van der Waals surface area contributed by atoms with Crippen LogP contribution in [0.1, 0.15) is 10.4 Å². The molecule has 1 aromatic heterocycles. The maximum atomic E-state index is 12.2. The number of nitro groups is 1. The first-order valence-corrected chi connectivity index (χ1v) is 7.15. The summed E-state index contributed by atoms with van der Waals surface area (Å²) in [6.07, 6.45) is 0. The molecule has 1 heterocycles. The molecule has 0 aliphatic heterocycles. The van der Waals surface area contributed by atoms with Gasteiger partial charge in [-0.1, -0.05) is 0 Å². The summed E-state index contributed by atoms with van der Waals surface area (Å²) in [6, 6.07) is 11.5. The van der Waals surface area contributed by atoms with Crippen LogP contribution >= 0.6 is 0 Å². The number of methoxy groups -OCH3 is 1. The lowest BCUT2D eigenvalue weighted by molar-refractivity contribution is -0.384. The van der Waals surface area contributed by atoms with E-state index in [0.29, 0.717) is 16.7 Å². The molecule has 0 aliphatic rings. The summed E-state index contributed by atoms with van der Waals surface area (Å²) in [7, 11) is 1.51. The third kappa shape index (κ3) is 3.32. The number of amides is 1. The van der Waals surface area contributed by atoms with Crippen molar-refractivity contribution in [2.24, 2.45) is 0 Å². The van der Waals surface area contributed by atoms with E-state index in [2.05, 4.69) is 5.32 Å². The summed E-state index contributed by atoms with van der Waals surface area (Å²) in [5.41, 5.74) is -0.483. The Morgan fingerprint density at radius 2 is 1.88 bits per heavy atom. The second kappa shape index (κ2) is 6.44. The van der Waals surface area contributed by atoms with E-state index >= 15 is 0 Å². The first-order valence-electron chi connectivity index (χ1n) is 7.15. The average Bonchev–Trinajstić information content (AvgIpc) is 2.62. The first kappa shape index (κ1) is 16.2. The van der Waals surface area contributed by atoms with Gasteiger partial charge < -0.3 is 14.5 Å². The average molecular weight is 340 g/mol. The van der Waals surface area contributed by atoms with Gasteiger partial charge in [-0.3, -0.25) is 14.9 Å². The lowest BCUT2D eigenvalue weighted by Gasteiger charge is -2.06. The number of rotatable bonds is 4. The highest BCUT2D eigenvalue weighted by Crippen LogP contribution is 2.22. The second-order valence-corrected chi connectivity index (χ2v) is 5.11. The summed E-state index contributed by atoms with van der Waals surface area (Å²) in [5.74, 6) is 0.0776. The summed E-state index contributed by atoms with van der Waals surface area (Å²) < 4.78 is 10.1. The fraction of sp³-hybridized carbons (Fsp3) is 0.0588. The Kier molecular flexibility index (Phi) is 4.17. The van der Waals surface area contributed by atoms with Crippen LogP contribution in [-0.2, 0) is 0 Å². The van der Waals surface area contributed by atoms with Gasteiger partial charge in [0.15, 0.2) is 0 Å². The van der Waals surface area contributed by atoms with E-state index < -0.39 is 16.5 Å². The van der Waals surface area contributed by atoms with Crippen LogP contribution in [0.5, 0.6) is 5.75 Å². The first-order chi connectivity index (χ1) is 12.0. The third-order valence-electron chi connectivity index (χ3n) is 3.53. The molecule has 2 aromatic carbocycles. The highest BCUT2D eigenvalue weighted by Gasteiger charge is 2.13. The lowest BCUT2D eigenvalue weighted by Crippen LogP contribution is -2.17. The molecule has 0 atom stereocenters. The van der Waals surface area contributed by atoms with E-state index in [1.54, 1.807) is 24.3 Å². The van der Waals surface area contributed by atoms with Crippen molar-refractivity contribution in [3.8, 4) is 5.75 Å².